The first kappa shape index (κ1) is 15.1. The molecule has 0 aromatic carbocycles. The molecule has 0 fully saturated rings. The monoisotopic (exact) mass is 249 g/mol. The second-order valence-electron chi connectivity index (χ2n) is 4.55. The molecule has 5 nitrogen and oxygen atoms in total. The second kappa shape index (κ2) is 5.98. The van der Waals surface area contributed by atoms with Crippen molar-refractivity contribution in [2.75, 3.05) is 0 Å². The van der Waals surface area contributed by atoms with E-state index in [1.807, 2.05) is 13.8 Å². The number of ether oxygens (including phenoxy) is 1. The number of carboxylic acid groups (broad SMARTS) is 1. The molecular formula is C10H19NO4S. The first-order valence-corrected chi connectivity index (χ1v) is 5.94. The first-order valence-electron chi connectivity index (χ1n) is 4.99. The van der Waals surface area contributed by atoms with Crippen LogP contribution in [0.4, 0.5) is 4.79 Å². The molecule has 16 heavy (non-hydrogen) atoms. The maximum absolute atomic E-state index is 11.3. The summed E-state index contributed by atoms with van der Waals surface area (Å²) in [6, 6.07) is 0. The zero-order chi connectivity index (χ0) is 12.9. The summed E-state index contributed by atoms with van der Waals surface area (Å²) in [5.41, 5.74) is -0.629. The van der Waals surface area contributed by atoms with E-state index in [0.717, 1.165) is 11.8 Å². The first-order chi connectivity index (χ1) is 7.11. The molecule has 0 unspecified atom stereocenters. The molecule has 1 atom stereocenters. The molecule has 0 aromatic heterocycles. The number of carbonyl (C=O) groups is 2. The SMILES string of the molecule is CC(C)S[C@H](NC(=O)OC(C)(C)C)C(=O)O. The molecule has 0 saturated carbocycles. The van der Waals surface area contributed by atoms with Crippen LogP contribution in [0.5, 0.6) is 0 Å². The summed E-state index contributed by atoms with van der Waals surface area (Å²) < 4.78 is 4.97. The fourth-order valence-corrected chi connectivity index (χ4v) is 1.67. The number of hydrogen-bond acceptors (Lipinski definition) is 4. The Kier molecular flexibility index (Phi) is 5.64. The van der Waals surface area contributed by atoms with E-state index in [4.69, 9.17) is 9.84 Å². The molecule has 0 bridgehead atoms. The number of carboxylic acids is 1. The minimum absolute atomic E-state index is 0.107. The van der Waals surface area contributed by atoms with Crippen molar-refractivity contribution in [3.05, 3.63) is 0 Å². The number of nitrogens with one attached hydrogen (secondary N) is 1. The Bertz CT molecular complexity index is 260. The van der Waals surface area contributed by atoms with Gasteiger partial charge >= 0.3 is 12.1 Å². The van der Waals surface area contributed by atoms with Gasteiger partial charge in [0, 0.05) is 5.25 Å². The number of hydrogen-bond donors (Lipinski definition) is 2. The largest absolute Gasteiger partial charge is 0.479 e. The summed E-state index contributed by atoms with van der Waals surface area (Å²) >= 11 is 1.15. The van der Waals surface area contributed by atoms with Crippen molar-refractivity contribution in [2.45, 2.75) is 50.8 Å². The van der Waals surface area contributed by atoms with Crippen molar-refractivity contribution in [1.82, 2.24) is 5.32 Å². The number of amides is 1. The van der Waals surface area contributed by atoms with E-state index < -0.39 is 23.0 Å². The maximum atomic E-state index is 11.3. The maximum Gasteiger partial charge on any atom is 0.409 e. The fourth-order valence-electron chi connectivity index (χ4n) is 0.841. The van der Waals surface area contributed by atoms with Gasteiger partial charge in [0.2, 0.25) is 0 Å². The molecule has 94 valence electrons. The van der Waals surface area contributed by atoms with Crippen LogP contribution in [0, 0.1) is 0 Å². The summed E-state index contributed by atoms with van der Waals surface area (Å²) in [6.07, 6.45) is -0.715. The third-order valence-corrected chi connectivity index (χ3v) is 2.42. The van der Waals surface area contributed by atoms with Gasteiger partial charge in [0.05, 0.1) is 0 Å². The highest BCUT2D eigenvalue weighted by Gasteiger charge is 2.24. The van der Waals surface area contributed by atoms with Gasteiger partial charge in [-0.05, 0) is 20.8 Å². The number of rotatable bonds is 4. The summed E-state index contributed by atoms with van der Waals surface area (Å²) in [7, 11) is 0. The van der Waals surface area contributed by atoms with Gasteiger partial charge in [-0.3, -0.25) is 5.32 Å². The minimum Gasteiger partial charge on any atom is -0.479 e. The van der Waals surface area contributed by atoms with Crippen molar-refractivity contribution >= 4 is 23.8 Å². The highest BCUT2D eigenvalue weighted by Crippen LogP contribution is 2.16. The molecule has 0 aliphatic heterocycles. The standard InChI is InChI=1S/C10H19NO4S/c1-6(2)16-7(8(12)13)11-9(14)15-10(3,4)5/h6-7H,1-5H3,(H,11,14)(H,12,13)/t7-/m0/s1. The molecule has 6 heteroatoms. The van der Waals surface area contributed by atoms with Crippen LogP contribution in [0.25, 0.3) is 0 Å². The average Bonchev–Trinajstić information content (AvgIpc) is 1.97. The van der Waals surface area contributed by atoms with Gasteiger partial charge in [-0.25, -0.2) is 9.59 Å². The Labute approximate surface area is 99.9 Å². The van der Waals surface area contributed by atoms with Crippen molar-refractivity contribution in [1.29, 1.82) is 0 Å². The van der Waals surface area contributed by atoms with Crippen LogP contribution < -0.4 is 5.32 Å². The lowest BCUT2D eigenvalue weighted by Crippen LogP contribution is -2.42. The molecule has 0 radical (unpaired) electrons. The highest BCUT2D eigenvalue weighted by atomic mass is 32.2. The van der Waals surface area contributed by atoms with Gasteiger partial charge < -0.3 is 9.84 Å². The van der Waals surface area contributed by atoms with Crippen molar-refractivity contribution in [2.24, 2.45) is 0 Å². The third-order valence-electron chi connectivity index (χ3n) is 1.28. The molecular weight excluding hydrogens is 230 g/mol. The van der Waals surface area contributed by atoms with Crippen LogP contribution in [0.1, 0.15) is 34.6 Å². The van der Waals surface area contributed by atoms with Gasteiger partial charge in [-0.2, -0.15) is 0 Å². The molecule has 0 rings (SSSR count). The van der Waals surface area contributed by atoms with Crippen LogP contribution in [0.15, 0.2) is 0 Å². The summed E-state index contributed by atoms with van der Waals surface area (Å²) in [6.45, 7) is 8.88. The van der Waals surface area contributed by atoms with Crippen LogP contribution in [-0.4, -0.2) is 33.4 Å². The lowest BCUT2D eigenvalue weighted by Gasteiger charge is -2.22. The number of thioether (sulfide) groups is 1. The van der Waals surface area contributed by atoms with Crippen LogP contribution in [-0.2, 0) is 9.53 Å². The summed E-state index contributed by atoms with van der Waals surface area (Å²) in [4.78, 5) is 22.2. The molecule has 0 aromatic rings. The third kappa shape index (κ3) is 7.39. The van der Waals surface area contributed by atoms with E-state index in [1.54, 1.807) is 20.8 Å². The summed E-state index contributed by atoms with van der Waals surface area (Å²) in [5.74, 6) is -1.08. The molecule has 0 saturated heterocycles. The zero-order valence-corrected chi connectivity index (χ0v) is 11.1. The Morgan fingerprint density at radius 2 is 1.81 bits per heavy atom. The predicted molar refractivity (Wildman–Crippen MR) is 63.5 cm³/mol. The smallest absolute Gasteiger partial charge is 0.409 e. The molecule has 2 N–H and O–H groups in total. The van der Waals surface area contributed by atoms with Gasteiger partial charge in [0.1, 0.15) is 5.60 Å². The van der Waals surface area contributed by atoms with Gasteiger partial charge in [-0.1, -0.05) is 13.8 Å². The van der Waals surface area contributed by atoms with Crippen molar-refractivity contribution in [3.63, 3.8) is 0 Å². The van der Waals surface area contributed by atoms with Crippen molar-refractivity contribution < 1.29 is 19.4 Å². The quantitative estimate of drug-likeness (QED) is 0.746. The van der Waals surface area contributed by atoms with E-state index in [9.17, 15) is 9.59 Å². The van der Waals surface area contributed by atoms with Gasteiger partial charge in [0.25, 0.3) is 0 Å². The highest BCUT2D eigenvalue weighted by molar-refractivity contribution is 8.01. The van der Waals surface area contributed by atoms with E-state index in [0.29, 0.717) is 0 Å². The topological polar surface area (TPSA) is 75.6 Å². The number of alkyl carbamates (subject to hydrolysis) is 1. The van der Waals surface area contributed by atoms with E-state index >= 15 is 0 Å². The molecule has 0 aliphatic carbocycles. The Morgan fingerprint density at radius 3 is 2.12 bits per heavy atom. The van der Waals surface area contributed by atoms with E-state index in [-0.39, 0.29) is 5.25 Å². The Morgan fingerprint density at radius 1 is 1.31 bits per heavy atom. The molecule has 0 aliphatic rings. The Hall–Kier alpha value is -0.910. The lowest BCUT2D eigenvalue weighted by molar-refractivity contribution is -0.137. The van der Waals surface area contributed by atoms with Crippen molar-refractivity contribution in [3.8, 4) is 0 Å². The normalized spacial score (nSPS) is 13.4. The van der Waals surface area contributed by atoms with Crippen LogP contribution >= 0.6 is 11.8 Å². The number of aliphatic carboxylic acids is 1. The second-order valence-corrected chi connectivity index (χ2v) is 6.24. The minimum atomic E-state index is -1.08. The fraction of sp³-hybridized carbons (Fsp3) is 0.800. The predicted octanol–water partition coefficient (Wildman–Crippen LogP) is 2.06. The average molecular weight is 249 g/mol. The van der Waals surface area contributed by atoms with E-state index in [2.05, 4.69) is 5.32 Å². The zero-order valence-electron chi connectivity index (χ0n) is 10.2. The van der Waals surface area contributed by atoms with Crippen LogP contribution in [0.2, 0.25) is 0 Å². The van der Waals surface area contributed by atoms with Crippen LogP contribution in [0.3, 0.4) is 0 Å². The molecule has 0 spiro atoms. The number of carbonyl (C=O) groups excluding carboxylic acids is 1. The molecule has 1 amide bonds. The lowest BCUT2D eigenvalue weighted by atomic mass is 10.2. The molecule has 0 heterocycles. The van der Waals surface area contributed by atoms with Gasteiger partial charge in [-0.15, -0.1) is 11.8 Å². The summed E-state index contributed by atoms with van der Waals surface area (Å²) in [5, 5.41) is 10.3. The van der Waals surface area contributed by atoms with Gasteiger partial charge in [0.15, 0.2) is 5.37 Å². The Balaban J connectivity index is 4.30. The van der Waals surface area contributed by atoms with E-state index in [1.165, 1.54) is 0 Å².